The van der Waals surface area contributed by atoms with Gasteiger partial charge in [-0.2, -0.15) is 0 Å². The van der Waals surface area contributed by atoms with E-state index in [0.29, 0.717) is 12.4 Å². The molecule has 1 aliphatic rings. The second kappa shape index (κ2) is 3.55. The summed E-state index contributed by atoms with van der Waals surface area (Å²) in [5.74, 6) is -0.469. The van der Waals surface area contributed by atoms with Crippen molar-refractivity contribution in [1.82, 2.24) is 0 Å². The molecule has 1 saturated heterocycles. The quantitative estimate of drug-likeness (QED) is 0.753. The fraction of sp³-hybridized carbons (Fsp3) is 0.400. The zero-order valence-corrected chi connectivity index (χ0v) is 8.38. The fourth-order valence-electron chi connectivity index (χ4n) is 1.12. The van der Waals surface area contributed by atoms with Gasteiger partial charge in [0.05, 0.1) is 0 Å². The molecular weight excluding hydrogens is 225 g/mol. The number of epoxide rings is 1. The molecule has 1 heterocycles. The van der Waals surface area contributed by atoms with Gasteiger partial charge in [-0.3, -0.25) is 0 Å². The van der Waals surface area contributed by atoms with E-state index in [9.17, 15) is 13.2 Å². The van der Waals surface area contributed by atoms with Crippen molar-refractivity contribution in [3.05, 3.63) is 24.3 Å². The van der Waals surface area contributed by atoms with Crippen LogP contribution >= 0.6 is 0 Å². The van der Waals surface area contributed by atoms with Gasteiger partial charge in [-0.25, -0.2) is 0 Å². The lowest BCUT2D eigenvalue weighted by Gasteiger charge is -2.11. The minimum Gasteiger partial charge on any atom is -0.460 e. The van der Waals surface area contributed by atoms with E-state index in [0.717, 1.165) is 0 Å². The maximum atomic E-state index is 11.8. The highest BCUT2D eigenvalue weighted by atomic mass is 19.4. The molecule has 1 aromatic carbocycles. The number of hydrogen-bond donors (Lipinski definition) is 0. The van der Waals surface area contributed by atoms with Crippen LogP contribution < -0.4 is 9.47 Å². The van der Waals surface area contributed by atoms with Crippen LogP contribution in [0.15, 0.2) is 24.3 Å². The fourth-order valence-corrected chi connectivity index (χ4v) is 1.12. The van der Waals surface area contributed by atoms with Crippen LogP contribution in [0.2, 0.25) is 0 Å². The minimum absolute atomic E-state index is 0.276. The van der Waals surface area contributed by atoms with Crippen LogP contribution in [0.5, 0.6) is 11.5 Å². The predicted octanol–water partition coefficient (Wildman–Crippen LogP) is 2.71. The predicted molar refractivity (Wildman–Crippen MR) is 48.1 cm³/mol. The Hall–Kier alpha value is -1.43. The van der Waals surface area contributed by atoms with Crippen molar-refractivity contribution >= 4 is 0 Å². The normalized spacial score (nSPS) is 24.0. The first kappa shape index (κ1) is 11.1. The molecule has 2 rings (SSSR count). The Morgan fingerprint density at radius 3 is 2.12 bits per heavy atom. The van der Waals surface area contributed by atoms with Crippen molar-refractivity contribution in [3.63, 3.8) is 0 Å². The number of benzene rings is 1. The Labute approximate surface area is 89.7 Å². The molecule has 88 valence electrons. The first-order valence-electron chi connectivity index (χ1n) is 4.55. The van der Waals surface area contributed by atoms with Gasteiger partial charge in [0.15, 0.2) is 0 Å². The third-order valence-electron chi connectivity index (χ3n) is 1.94. The van der Waals surface area contributed by atoms with E-state index in [1.54, 1.807) is 6.92 Å². The molecule has 1 aliphatic heterocycles. The highest BCUT2D eigenvalue weighted by Crippen LogP contribution is 2.31. The van der Waals surface area contributed by atoms with Gasteiger partial charge in [0.25, 0.3) is 0 Å². The van der Waals surface area contributed by atoms with Crippen LogP contribution in [-0.2, 0) is 4.74 Å². The molecule has 3 nitrogen and oxygen atoms in total. The van der Waals surface area contributed by atoms with Gasteiger partial charge in [-0.05, 0) is 24.3 Å². The number of rotatable bonds is 3. The van der Waals surface area contributed by atoms with Crippen molar-refractivity contribution < 1.29 is 27.4 Å². The van der Waals surface area contributed by atoms with E-state index < -0.39 is 12.1 Å². The summed E-state index contributed by atoms with van der Waals surface area (Å²) in [4.78, 5) is 0. The van der Waals surface area contributed by atoms with Gasteiger partial charge >= 0.3 is 6.36 Å². The molecule has 0 radical (unpaired) electrons. The van der Waals surface area contributed by atoms with Crippen LogP contribution in [0.25, 0.3) is 0 Å². The molecule has 1 atom stereocenters. The Morgan fingerprint density at radius 2 is 1.69 bits per heavy atom. The molecule has 0 aliphatic carbocycles. The highest BCUT2D eigenvalue weighted by Gasteiger charge is 2.42. The SMILES string of the molecule is CC1(Oc2ccc(OC(F)(F)F)cc2)CO1. The van der Waals surface area contributed by atoms with Crippen molar-refractivity contribution in [2.24, 2.45) is 0 Å². The van der Waals surface area contributed by atoms with Crippen LogP contribution in [0, 0.1) is 0 Å². The molecule has 1 aromatic rings. The highest BCUT2D eigenvalue weighted by molar-refractivity contribution is 5.31. The molecule has 0 N–H and O–H groups in total. The molecular formula is C10H9F3O3. The Morgan fingerprint density at radius 1 is 1.19 bits per heavy atom. The van der Waals surface area contributed by atoms with Crippen LogP contribution in [-0.4, -0.2) is 18.8 Å². The summed E-state index contributed by atoms with van der Waals surface area (Å²) in [5, 5.41) is 0. The van der Waals surface area contributed by atoms with Gasteiger partial charge in [0.2, 0.25) is 5.79 Å². The van der Waals surface area contributed by atoms with Gasteiger partial charge in [-0.15, -0.1) is 13.2 Å². The van der Waals surface area contributed by atoms with E-state index in [2.05, 4.69) is 4.74 Å². The molecule has 1 unspecified atom stereocenters. The molecule has 1 fully saturated rings. The van der Waals surface area contributed by atoms with Crippen LogP contribution in [0.3, 0.4) is 0 Å². The second-order valence-electron chi connectivity index (χ2n) is 3.54. The summed E-state index contributed by atoms with van der Waals surface area (Å²) in [6.07, 6.45) is -4.67. The molecule has 0 spiro atoms. The number of halogens is 3. The molecule has 0 bridgehead atoms. The number of alkyl halides is 3. The summed E-state index contributed by atoms with van der Waals surface area (Å²) in [6, 6.07) is 5.17. The lowest BCUT2D eigenvalue weighted by molar-refractivity contribution is -0.274. The lowest BCUT2D eigenvalue weighted by atomic mass is 10.3. The lowest BCUT2D eigenvalue weighted by Crippen LogP contribution is -2.17. The van der Waals surface area contributed by atoms with E-state index >= 15 is 0 Å². The number of hydrogen-bond acceptors (Lipinski definition) is 3. The Kier molecular flexibility index (Phi) is 2.46. The van der Waals surface area contributed by atoms with Gasteiger partial charge in [-0.1, -0.05) is 0 Å². The van der Waals surface area contributed by atoms with Crippen molar-refractivity contribution in [2.75, 3.05) is 6.61 Å². The first-order valence-corrected chi connectivity index (χ1v) is 4.55. The largest absolute Gasteiger partial charge is 0.573 e. The average Bonchev–Trinajstić information content (AvgIpc) is 2.85. The molecule has 16 heavy (non-hydrogen) atoms. The maximum Gasteiger partial charge on any atom is 0.573 e. The zero-order valence-electron chi connectivity index (χ0n) is 8.38. The third kappa shape index (κ3) is 3.03. The van der Waals surface area contributed by atoms with E-state index in [4.69, 9.17) is 9.47 Å². The minimum atomic E-state index is -4.67. The van der Waals surface area contributed by atoms with Crippen molar-refractivity contribution in [2.45, 2.75) is 19.1 Å². The standard InChI is InChI=1S/C10H9F3O3/c1-9(6-14-9)15-7-2-4-8(5-3-7)16-10(11,12)13/h2-5H,6H2,1H3. The van der Waals surface area contributed by atoms with Crippen molar-refractivity contribution in [1.29, 1.82) is 0 Å². The summed E-state index contributed by atoms with van der Waals surface area (Å²) < 4.78 is 49.6. The summed E-state index contributed by atoms with van der Waals surface area (Å²) >= 11 is 0. The third-order valence-corrected chi connectivity index (χ3v) is 1.94. The average molecular weight is 234 g/mol. The van der Waals surface area contributed by atoms with Crippen molar-refractivity contribution in [3.8, 4) is 11.5 Å². The zero-order chi connectivity index (χ0) is 11.8. The van der Waals surface area contributed by atoms with Gasteiger partial charge < -0.3 is 14.2 Å². The van der Waals surface area contributed by atoms with Crippen LogP contribution in [0.4, 0.5) is 13.2 Å². The first-order chi connectivity index (χ1) is 7.36. The molecule has 6 heteroatoms. The molecule has 0 amide bonds. The smallest absolute Gasteiger partial charge is 0.460 e. The summed E-state index contributed by atoms with van der Waals surface area (Å²) in [5.41, 5.74) is 0. The molecule has 0 saturated carbocycles. The topological polar surface area (TPSA) is 31.0 Å². The Bertz CT molecular complexity index is 342. The maximum absolute atomic E-state index is 11.8. The van der Waals surface area contributed by atoms with Crippen LogP contribution in [0.1, 0.15) is 6.92 Å². The monoisotopic (exact) mass is 234 g/mol. The van der Waals surface area contributed by atoms with Gasteiger partial charge in [0.1, 0.15) is 18.1 Å². The summed E-state index contributed by atoms with van der Waals surface area (Å²) in [7, 11) is 0. The van der Waals surface area contributed by atoms with Gasteiger partial charge in [0, 0.05) is 6.92 Å². The Balaban J connectivity index is 1.99. The molecule has 0 aromatic heterocycles. The van der Waals surface area contributed by atoms with E-state index in [-0.39, 0.29) is 5.75 Å². The van der Waals surface area contributed by atoms with E-state index in [1.165, 1.54) is 24.3 Å². The second-order valence-corrected chi connectivity index (χ2v) is 3.54. The number of ether oxygens (including phenoxy) is 3. The van der Waals surface area contributed by atoms with E-state index in [1.807, 2.05) is 0 Å². The summed E-state index contributed by atoms with van der Waals surface area (Å²) in [6.45, 7) is 2.22.